The predicted molar refractivity (Wildman–Crippen MR) is 118 cm³/mol. The van der Waals surface area contributed by atoms with Gasteiger partial charge in [-0.25, -0.2) is 9.97 Å². The second-order valence-electron chi connectivity index (χ2n) is 9.44. The van der Waals surface area contributed by atoms with Crippen LogP contribution in [0.2, 0.25) is 0 Å². The van der Waals surface area contributed by atoms with Crippen molar-refractivity contribution in [2.75, 3.05) is 51.3 Å². The summed E-state index contributed by atoms with van der Waals surface area (Å²) in [6.07, 6.45) is 7.10. The average Bonchev–Trinajstić information content (AvgIpc) is 3.53. The second kappa shape index (κ2) is 9.60. The van der Waals surface area contributed by atoms with Gasteiger partial charge in [0, 0.05) is 43.4 Å². The molecule has 3 heterocycles. The number of fused-ring (bicyclic) bond motifs is 1. The van der Waals surface area contributed by atoms with Crippen LogP contribution in [0.3, 0.4) is 0 Å². The Hall–Kier alpha value is -1.73. The van der Waals surface area contributed by atoms with E-state index < -0.39 is 0 Å². The standard InChI is InChI=1S/C23H37N5O2/c1-16(15-30-3)24-21(29)14-27-11-8-19(9-12-27)22-25-17(2)20-5-4-10-28(23(20)26-22)13-18-6-7-18/h16,18-19H,4-15H2,1-3H3,(H,24,29). The number of hydrogen-bond acceptors (Lipinski definition) is 6. The number of methoxy groups -OCH3 is 1. The summed E-state index contributed by atoms with van der Waals surface area (Å²) in [5.74, 6) is 3.58. The molecule has 1 unspecified atom stereocenters. The Labute approximate surface area is 180 Å². The van der Waals surface area contributed by atoms with Gasteiger partial charge in [-0.2, -0.15) is 0 Å². The maximum atomic E-state index is 12.2. The minimum Gasteiger partial charge on any atom is -0.383 e. The number of carbonyl (C=O) groups is 1. The third-order valence-corrected chi connectivity index (χ3v) is 6.68. The zero-order valence-electron chi connectivity index (χ0n) is 18.8. The average molecular weight is 416 g/mol. The quantitative estimate of drug-likeness (QED) is 0.702. The summed E-state index contributed by atoms with van der Waals surface area (Å²) in [5, 5.41) is 3.00. The summed E-state index contributed by atoms with van der Waals surface area (Å²) >= 11 is 0. The minimum atomic E-state index is 0.0468. The molecule has 1 N–H and O–H groups in total. The van der Waals surface area contributed by atoms with Crippen LogP contribution >= 0.6 is 0 Å². The number of ether oxygens (including phenoxy) is 1. The van der Waals surface area contributed by atoms with Gasteiger partial charge in [-0.05, 0) is 71.4 Å². The number of anilines is 1. The highest BCUT2D eigenvalue weighted by Gasteiger charge is 2.31. The molecule has 1 saturated carbocycles. The van der Waals surface area contributed by atoms with E-state index in [2.05, 4.69) is 22.0 Å². The topological polar surface area (TPSA) is 70.6 Å². The van der Waals surface area contributed by atoms with Crippen LogP contribution in [-0.2, 0) is 16.0 Å². The summed E-state index contributed by atoms with van der Waals surface area (Å²) < 4.78 is 5.09. The van der Waals surface area contributed by atoms with E-state index in [0.29, 0.717) is 19.1 Å². The molecule has 2 fully saturated rings. The number of aromatic nitrogens is 2. The maximum absolute atomic E-state index is 12.2. The Morgan fingerprint density at radius 3 is 2.67 bits per heavy atom. The molecule has 1 atom stereocenters. The zero-order chi connectivity index (χ0) is 21.1. The number of aryl methyl sites for hydroxylation is 1. The van der Waals surface area contributed by atoms with Crippen molar-refractivity contribution in [2.45, 2.75) is 64.3 Å². The summed E-state index contributed by atoms with van der Waals surface area (Å²) in [5.41, 5.74) is 2.54. The van der Waals surface area contributed by atoms with Gasteiger partial charge in [0.1, 0.15) is 11.6 Å². The van der Waals surface area contributed by atoms with E-state index in [1.165, 1.54) is 36.3 Å². The molecular weight excluding hydrogens is 378 g/mol. The van der Waals surface area contributed by atoms with Crippen LogP contribution in [-0.4, -0.2) is 73.3 Å². The number of amides is 1. The first kappa shape index (κ1) is 21.5. The van der Waals surface area contributed by atoms with Gasteiger partial charge in [-0.15, -0.1) is 0 Å². The maximum Gasteiger partial charge on any atom is 0.234 e. The number of rotatable bonds is 8. The summed E-state index contributed by atoms with van der Waals surface area (Å²) in [4.78, 5) is 27.1. The lowest BCUT2D eigenvalue weighted by atomic mass is 9.95. The Kier molecular flexibility index (Phi) is 6.88. The van der Waals surface area contributed by atoms with Gasteiger partial charge in [0.25, 0.3) is 0 Å². The minimum absolute atomic E-state index is 0.0468. The van der Waals surface area contributed by atoms with Gasteiger partial charge < -0.3 is 15.0 Å². The first-order chi connectivity index (χ1) is 14.5. The van der Waals surface area contributed by atoms with Crippen LogP contribution in [0.1, 0.15) is 62.0 Å². The number of nitrogens with one attached hydrogen (secondary N) is 1. The van der Waals surface area contributed by atoms with Crippen molar-refractivity contribution >= 4 is 11.7 Å². The first-order valence-corrected chi connectivity index (χ1v) is 11.7. The van der Waals surface area contributed by atoms with Crippen molar-refractivity contribution in [3.63, 3.8) is 0 Å². The van der Waals surface area contributed by atoms with Crippen LogP contribution in [0.4, 0.5) is 5.82 Å². The third kappa shape index (κ3) is 5.30. The van der Waals surface area contributed by atoms with E-state index in [-0.39, 0.29) is 11.9 Å². The molecule has 1 aromatic heterocycles. The molecule has 1 aliphatic carbocycles. The highest BCUT2D eigenvalue weighted by Crippen LogP contribution is 2.36. The van der Waals surface area contributed by atoms with E-state index in [1.807, 2.05) is 6.92 Å². The van der Waals surface area contributed by atoms with Crippen LogP contribution in [0.25, 0.3) is 0 Å². The molecule has 3 aliphatic rings. The predicted octanol–water partition coefficient (Wildman–Crippen LogP) is 2.28. The van der Waals surface area contributed by atoms with Gasteiger partial charge in [0.05, 0.1) is 13.2 Å². The molecule has 7 heteroatoms. The number of likely N-dealkylation sites (tertiary alicyclic amines) is 1. The van der Waals surface area contributed by atoms with Gasteiger partial charge in [-0.1, -0.05) is 0 Å². The molecule has 30 heavy (non-hydrogen) atoms. The smallest absolute Gasteiger partial charge is 0.234 e. The molecule has 0 radical (unpaired) electrons. The SMILES string of the molecule is COCC(C)NC(=O)CN1CCC(c2nc(C)c3c(n2)N(CC2CC2)CCC3)CC1. The molecule has 4 rings (SSSR count). The third-order valence-electron chi connectivity index (χ3n) is 6.68. The van der Waals surface area contributed by atoms with Gasteiger partial charge >= 0.3 is 0 Å². The number of piperidine rings is 1. The molecule has 0 spiro atoms. The van der Waals surface area contributed by atoms with Crippen molar-refractivity contribution in [1.29, 1.82) is 0 Å². The Balaban J connectivity index is 1.35. The van der Waals surface area contributed by atoms with Crippen molar-refractivity contribution in [1.82, 2.24) is 20.2 Å². The summed E-state index contributed by atoms with van der Waals surface area (Å²) in [6.45, 7) is 9.26. The van der Waals surface area contributed by atoms with Gasteiger partial charge in [-0.3, -0.25) is 9.69 Å². The van der Waals surface area contributed by atoms with Crippen LogP contribution < -0.4 is 10.2 Å². The molecule has 7 nitrogen and oxygen atoms in total. The molecule has 0 aromatic carbocycles. The summed E-state index contributed by atoms with van der Waals surface area (Å²) in [6, 6.07) is 0.0468. The molecule has 1 saturated heterocycles. The lowest BCUT2D eigenvalue weighted by molar-refractivity contribution is -0.123. The van der Waals surface area contributed by atoms with Crippen molar-refractivity contribution in [3.8, 4) is 0 Å². The van der Waals surface area contributed by atoms with E-state index in [0.717, 1.165) is 57.2 Å². The van der Waals surface area contributed by atoms with Crippen LogP contribution in [0.15, 0.2) is 0 Å². The largest absolute Gasteiger partial charge is 0.383 e. The monoisotopic (exact) mass is 415 g/mol. The van der Waals surface area contributed by atoms with E-state index >= 15 is 0 Å². The molecule has 0 bridgehead atoms. The lowest BCUT2D eigenvalue weighted by Gasteiger charge is -2.34. The molecule has 1 aromatic rings. The van der Waals surface area contributed by atoms with Crippen molar-refractivity contribution in [3.05, 3.63) is 17.1 Å². The highest BCUT2D eigenvalue weighted by atomic mass is 16.5. The fourth-order valence-electron chi connectivity index (χ4n) is 4.85. The fourth-order valence-corrected chi connectivity index (χ4v) is 4.85. The summed E-state index contributed by atoms with van der Waals surface area (Å²) in [7, 11) is 1.66. The second-order valence-corrected chi connectivity index (χ2v) is 9.44. The number of nitrogens with zero attached hydrogens (tertiary/aromatic N) is 4. The van der Waals surface area contributed by atoms with Gasteiger partial charge in [0.15, 0.2) is 0 Å². The zero-order valence-corrected chi connectivity index (χ0v) is 18.8. The Morgan fingerprint density at radius 2 is 1.97 bits per heavy atom. The van der Waals surface area contributed by atoms with Gasteiger partial charge in [0.2, 0.25) is 5.91 Å². The first-order valence-electron chi connectivity index (χ1n) is 11.7. The van der Waals surface area contributed by atoms with E-state index in [4.69, 9.17) is 14.7 Å². The van der Waals surface area contributed by atoms with E-state index in [1.54, 1.807) is 7.11 Å². The normalized spacial score (nSPS) is 21.4. The number of carbonyl (C=O) groups excluding carboxylic acids is 1. The van der Waals surface area contributed by atoms with Crippen LogP contribution in [0, 0.1) is 12.8 Å². The van der Waals surface area contributed by atoms with E-state index in [9.17, 15) is 4.79 Å². The molecule has 1 amide bonds. The van der Waals surface area contributed by atoms with Crippen LogP contribution in [0.5, 0.6) is 0 Å². The molecule has 2 aliphatic heterocycles. The lowest BCUT2D eigenvalue weighted by Crippen LogP contribution is -2.44. The van der Waals surface area contributed by atoms with Crippen molar-refractivity contribution in [2.24, 2.45) is 5.92 Å². The Morgan fingerprint density at radius 1 is 1.20 bits per heavy atom. The van der Waals surface area contributed by atoms with Crippen molar-refractivity contribution < 1.29 is 9.53 Å². The fraction of sp³-hybridized carbons (Fsp3) is 0.783. The molecule has 166 valence electrons. The highest BCUT2D eigenvalue weighted by molar-refractivity contribution is 5.78. The Bertz CT molecular complexity index is 743. The number of hydrogen-bond donors (Lipinski definition) is 1. The molecular formula is C23H37N5O2.